The Morgan fingerprint density at radius 1 is 1.22 bits per heavy atom. The first-order valence-electron chi connectivity index (χ1n) is 8.29. The van der Waals surface area contributed by atoms with Gasteiger partial charge in [-0.3, -0.25) is 5.32 Å². The van der Waals surface area contributed by atoms with Crippen LogP contribution in [0.2, 0.25) is 0 Å². The molecular weight excluding hydrogens is 292 g/mol. The molecule has 0 heterocycles. The summed E-state index contributed by atoms with van der Waals surface area (Å²) in [5.74, 6) is 0. The minimum Gasteiger partial charge on any atom is -0.444 e. The highest BCUT2D eigenvalue weighted by Crippen LogP contribution is 2.23. The molecule has 128 valence electrons. The topological polar surface area (TPSA) is 59.6 Å². The van der Waals surface area contributed by atoms with Crippen molar-refractivity contribution in [2.24, 2.45) is 0 Å². The third-order valence-electron chi connectivity index (χ3n) is 3.69. The zero-order valence-electron chi connectivity index (χ0n) is 14.5. The first-order chi connectivity index (χ1) is 10.9. The van der Waals surface area contributed by atoms with Crippen molar-refractivity contribution < 1.29 is 14.3 Å². The van der Waals surface area contributed by atoms with Crippen molar-refractivity contribution in [3.05, 3.63) is 29.8 Å². The van der Waals surface area contributed by atoms with Gasteiger partial charge in [0, 0.05) is 24.9 Å². The lowest BCUT2D eigenvalue weighted by atomic mass is 9.89. The van der Waals surface area contributed by atoms with Gasteiger partial charge in [0.15, 0.2) is 0 Å². The number of amides is 1. The molecule has 5 nitrogen and oxygen atoms in total. The smallest absolute Gasteiger partial charge is 0.412 e. The molecule has 1 aromatic rings. The molecule has 0 radical (unpaired) electrons. The Balaban J connectivity index is 1.71. The van der Waals surface area contributed by atoms with E-state index in [2.05, 4.69) is 10.6 Å². The Bertz CT molecular complexity index is 502. The van der Waals surface area contributed by atoms with Crippen LogP contribution in [0.25, 0.3) is 0 Å². The summed E-state index contributed by atoms with van der Waals surface area (Å²) in [4.78, 5) is 11.7. The van der Waals surface area contributed by atoms with Gasteiger partial charge in [-0.15, -0.1) is 0 Å². The van der Waals surface area contributed by atoms with E-state index in [1.807, 2.05) is 52.0 Å². The van der Waals surface area contributed by atoms with Crippen molar-refractivity contribution in [2.75, 3.05) is 11.9 Å². The van der Waals surface area contributed by atoms with Gasteiger partial charge in [0.05, 0.1) is 6.10 Å². The van der Waals surface area contributed by atoms with Crippen LogP contribution in [0, 0.1) is 0 Å². The van der Waals surface area contributed by atoms with Crippen molar-refractivity contribution in [1.29, 1.82) is 0 Å². The quantitative estimate of drug-likeness (QED) is 0.839. The third-order valence-corrected chi connectivity index (χ3v) is 3.69. The number of carbonyl (C=O) groups is 1. The second-order valence-electron chi connectivity index (χ2n) is 6.95. The molecule has 5 heteroatoms. The van der Waals surface area contributed by atoms with Gasteiger partial charge in [0.25, 0.3) is 0 Å². The fourth-order valence-electron chi connectivity index (χ4n) is 2.49. The Labute approximate surface area is 138 Å². The molecule has 23 heavy (non-hydrogen) atoms. The van der Waals surface area contributed by atoms with E-state index in [-0.39, 0.29) is 0 Å². The van der Waals surface area contributed by atoms with Crippen molar-refractivity contribution >= 4 is 11.8 Å². The minimum atomic E-state index is -0.490. The second-order valence-corrected chi connectivity index (χ2v) is 6.95. The minimum absolute atomic E-state index is 0.429. The maximum Gasteiger partial charge on any atom is 0.412 e. The summed E-state index contributed by atoms with van der Waals surface area (Å²) in [6, 6.07) is 8.36. The number of ether oxygens (including phenoxy) is 2. The van der Waals surface area contributed by atoms with Gasteiger partial charge in [0.1, 0.15) is 5.60 Å². The SMILES string of the molecule is CCOC1CC(NCc2ccc(NC(=O)OC(C)(C)C)cc2)C1. The van der Waals surface area contributed by atoms with Crippen LogP contribution in [0.4, 0.5) is 10.5 Å². The molecule has 2 rings (SSSR count). The molecule has 1 aliphatic carbocycles. The largest absolute Gasteiger partial charge is 0.444 e. The maximum absolute atomic E-state index is 11.7. The zero-order chi connectivity index (χ0) is 16.9. The first-order valence-corrected chi connectivity index (χ1v) is 8.29. The van der Waals surface area contributed by atoms with Crippen molar-refractivity contribution in [1.82, 2.24) is 5.32 Å². The molecular formula is C18H28N2O3. The van der Waals surface area contributed by atoms with Gasteiger partial charge < -0.3 is 14.8 Å². The molecule has 1 aromatic carbocycles. The van der Waals surface area contributed by atoms with E-state index in [1.54, 1.807) is 0 Å². The summed E-state index contributed by atoms with van der Waals surface area (Å²) in [5, 5.41) is 6.26. The van der Waals surface area contributed by atoms with Gasteiger partial charge in [-0.2, -0.15) is 0 Å². The van der Waals surface area contributed by atoms with E-state index in [0.717, 1.165) is 31.7 Å². The average molecular weight is 320 g/mol. The molecule has 2 N–H and O–H groups in total. The van der Waals surface area contributed by atoms with Crippen molar-refractivity contribution in [2.45, 2.75) is 64.8 Å². The molecule has 1 aliphatic rings. The van der Waals surface area contributed by atoms with E-state index >= 15 is 0 Å². The normalized spacial score (nSPS) is 20.7. The van der Waals surface area contributed by atoms with Crippen LogP contribution in [0.15, 0.2) is 24.3 Å². The predicted molar refractivity (Wildman–Crippen MR) is 91.6 cm³/mol. The molecule has 0 saturated heterocycles. The predicted octanol–water partition coefficient (Wildman–Crippen LogP) is 3.69. The highest BCUT2D eigenvalue weighted by atomic mass is 16.6. The molecule has 1 saturated carbocycles. The number of hydrogen-bond acceptors (Lipinski definition) is 4. The summed E-state index contributed by atoms with van der Waals surface area (Å²) >= 11 is 0. The maximum atomic E-state index is 11.7. The first kappa shape index (κ1) is 17.8. The lowest BCUT2D eigenvalue weighted by Crippen LogP contribution is -2.45. The Hall–Kier alpha value is -1.59. The highest BCUT2D eigenvalue weighted by molar-refractivity contribution is 5.84. The van der Waals surface area contributed by atoms with Crippen molar-refractivity contribution in [3.8, 4) is 0 Å². The Kier molecular flexibility index (Phi) is 6.02. The molecule has 0 unspecified atom stereocenters. The van der Waals surface area contributed by atoms with Crippen LogP contribution in [0.1, 0.15) is 46.1 Å². The lowest BCUT2D eigenvalue weighted by Gasteiger charge is -2.35. The van der Waals surface area contributed by atoms with Crippen LogP contribution in [0.5, 0.6) is 0 Å². The molecule has 0 atom stereocenters. The second kappa shape index (κ2) is 7.79. The molecule has 1 amide bonds. The van der Waals surface area contributed by atoms with Gasteiger partial charge in [-0.05, 0) is 58.2 Å². The highest BCUT2D eigenvalue weighted by Gasteiger charge is 2.28. The monoisotopic (exact) mass is 320 g/mol. The zero-order valence-corrected chi connectivity index (χ0v) is 14.5. The van der Waals surface area contributed by atoms with Crippen LogP contribution >= 0.6 is 0 Å². The number of rotatable bonds is 6. The molecule has 0 spiro atoms. The number of anilines is 1. The number of nitrogens with one attached hydrogen (secondary N) is 2. The van der Waals surface area contributed by atoms with E-state index in [4.69, 9.17) is 9.47 Å². The lowest BCUT2D eigenvalue weighted by molar-refractivity contribution is -0.0102. The summed E-state index contributed by atoms with van der Waals surface area (Å²) < 4.78 is 10.8. The molecule has 1 fully saturated rings. The van der Waals surface area contributed by atoms with Gasteiger partial charge in [-0.1, -0.05) is 12.1 Å². The third kappa shape index (κ3) is 6.20. The van der Waals surface area contributed by atoms with Gasteiger partial charge >= 0.3 is 6.09 Å². The van der Waals surface area contributed by atoms with Crippen LogP contribution in [-0.4, -0.2) is 30.4 Å². The van der Waals surface area contributed by atoms with E-state index < -0.39 is 11.7 Å². The standard InChI is InChI=1S/C18H28N2O3/c1-5-22-16-10-15(11-16)19-12-13-6-8-14(9-7-13)20-17(21)23-18(2,3)4/h6-9,15-16,19H,5,10-12H2,1-4H3,(H,20,21). The summed E-state index contributed by atoms with van der Waals surface area (Å²) in [7, 11) is 0. The Morgan fingerprint density at radius 2 is 1.87 bits per heavy atom. The molecule has 0 aliphatic heterocycles. The van der Waals surface area contributed by atoms with Crippen LogP contribution in [-0.2, 0) is 16.0 Å². The van der Waals surface area contributed by atoms with Crippen molar-refractivity contribution in [3.63, 3.8) is 0 Å². The fourth-order valence-corrected chi connectivity index (χ4v) is 2.49. The number of carbonyl (C=O) groups excluding carboxylic acids is 1. The average Bonchev–Trinajstić information content (AvgIpc) is 2.40. The van der Waals surface area contributed by atoms with E-state index in [0.29, 0.717) is 12.1 Å². The number of benzene rings is 1. The summed E-state index contributed by atoms with van der Waals surface area (Å²) in [5.41, 5.74) is 1.44. The van der Waals surface area contributed by atoms with E-state index in [9.17, 15) is 4.79 Å². The molecule has 0 bridgehead atoms. The fraction of sp³-hybridized carbons (Fsp3) is 0.611. The number of hydrogen-bond donors (Lipinski definition) is 2. The Morgan fingerprint density at radius 3 is 2.43 bits per heavy atom. The van der Waals surface area contributed by atoms with Gasteiger partial charge in [-0.25, -0.2) is 4.79 Å². The summed E-state index contributed by atoms with van der Waals surface area (Å²) in [6.45, 7) is 9.20. The van der Waals surface area contributed by atoms with E-state index in [1.165, 1.54) is 5.56 Å². The molecule has 0 aromatic heterocycles. The van der Waals surface area contributed by atoms with Crippen LogP contribution in [0.3, 0.4) is 0 Å². The van der Waals surface area contributed by atoms with Crippen LogP contribution < -0.4 is 10.6 Å². The summed E-state index contributed by atoms with van der Waals surface area (Å²) in [6.07, 6.45) is 2.18. The van der Waals surface area contributed by atoms with Gasteiger partial charge in [0.2, 0.25) is 0 Å².